The standard InChI is InChI=1S/C7H11IO/c1-3-7(9)6(2)4-5-8/h3-7,9H,1H2,2H3/b5-4+/t6-,7-/m1/s1. The molecule has 0 aromatic carbocycles. The Balaban J connectivity index is 3.71. The number of hydrogen-bond donors (Lipinski definition) is 1. The Labute approximate surface area is 69.6 Å². The first-order chi connectivity index (χ1) is 4.22. The third-order valence-electron chi connectivity index (χ3n) is 1.16. The van der Waals surface area contributed by atoms with E-state index in [1.54, 1.807) is 6.08 Å². The number of halogens is 1. The van der Waals surface area contributed by atoms with Gasteiger partial charge >= 0.3 is 0 Å². The van der Waals surface area contributed by atoms with E-state index in [4.69, 9.17) is 5.11 Å². The summed E-state index contributed by atoms with van der Waals surface area (Å²) in [5.74, 6) is 0.180. The van der Waals surface area contributed by atoms with E-state index in [-0.39, 0.29) is 5.92 Å². The minimum Gasteiger partial charge on any atom is -0.388 e. The molecule has 52 valence electrons. The smallest absolute Gasteiger partial charge is 0.0778 e. The van der Waals surface area contributed by atoms with Gasteiger partial charge in [0.05, 0.1) is 6.10 Å². The van der Waals surface area contributed by atoms with Crippen LogP contribution in [0.4, 0.5) is 0 Å². The molecule has 0 rings (SSSR count). The zero-order valence-corrected chi connectivity index (χ0v) is 7.58. The minimum absolute atomic E-state index is 0.180. The molecule has 0 aromatic heterocycles. The largest absolute Gasteiger partial charge is 0.388 e. The molecule has 2 heteroatoms. The molecular formula is C7H11IO. The first-order valence-electron chi connectivity index (χ1n) is 2.80. The van der Waals surface area contributed by atoms with Gasteiger partial charge in [0.2, 0.25) is 0 Å². The van der Waals surface area contributed by atoms with E-state index in [2.05, 4.69) is 29.2 Å². The fraction of sp³-hybridized carbons (Fsp3) is 0.429. The zero-order valence-electron chi connectivity index (χ0n) is 5.42. The number of rotatable bonds is 3. The molecule has 1 nitrogen and oxygen atoms in total. The van der Waals surface area contributed by atoms with Crippen molar-refractivity contribution in [3.05, 3.63) is 22.8 Å². The minimum atomic E-state index is -0.406. The van der Waals surface area contributed by atoms with Crippen LogP contribution in [0.3, 0.4) is 0 Å². The monoisotopic (exact) mass is 238 g/mol. The van der Waals surface area contributed by atoms with Crippen molar-refractivity contribution < 1.29 is 5.11 Å². The van der Waals surface area contributed by atoms with E-state index in [0.717, 1.165) is 0 Å². The molecule has 0 bridgehead atoms. The molecule has 0 heterocycles. The summed E-state index contributed by atoms with van der Waals surface area (Å²) in [4.78, 5) is 0. The summed E-state index contributed by atoms with van der Waals surface area (Å²) >= 11 is 2.13. The Kier molecular flexibility index (Phi) is 5.09. The quantitative estimate of drug-likeness (QED) is 0.589. The predicted octanol–water partition coefficient (Wildman–Crippen LogP) is 2.12. The van der Waals surface area contributed by atoms with Crippen LogP contribution in [0.5, 0.6) is 0 Å². The van der Waals surface area contributed by atoms with E-state index in [1.165, 1.54) is 0 Å². The first-order valence-corrected chi connectivity index (χ1v) is 4.04. The predicted molar refractivity (Wildman–Crippen MR) is 48.5 cm³/mol. The van der Waals surface area contributed by atoms with Crippen molar-refractivity contribution in [3.8, 4) is 0 Å². The summed E-state index contributed by atoms with van der Waals surface area (Å²) in [5, 5.41) is 9.08. The SMILES string of the molecule is C=C[C@@H](O)[C@H](C)/C=C/I. The van der Waals surface area contributed by atoms with Crippen LogP contribution in [0.15, 0.2) is 22.8 Å². The third-order valence-corrected chi connectivity index (χ3v) is 1.57. The van der Waals surface area contributed by atoms with E-state index in [9.17, 15) is 0 Å². The highest BCUT2D eigenvalue weighted by Crippen LogP contribution is 2.06. The molecule has 0 fully saturated rings. The number of aliphatic hydroxyl groups is 1. The fourth-order valence-corrected chi connectivity index (χ4v) is 1.10. The van der Waals surface area contributed by atoms with Crippen molar-refractivity contribution in [2.24, 2.45) is 5.92 Å². The molecular weight excluding hydrogens is 227 g/mol. The number of aliphatic hydroxyl groups excluding tert-OH is 1. The summed E-state index contributed by atoms with van der Waals surface area (Å²) in [5.41, 5.74) is 0. The Morgan fingerprint density at radius 2 is 2.22 bits per heavy atom. The zero-order chi connectivity index (χ0) is 7.28. The molecule has 0 saturated heterocycles. The molecule has 9 heavy (non-hydrogen) atoms. The van der Waals surface area contributed by atoms with Crippen molar-refractivity contribution in [2.75, 3.05) is 0 Å². The van der Waals surface area contributed by atoms with Gasteiger partial charge in [-0.1, -0.05) is 41.7 Å². The highest BCUT2D eigenvalue weighted by atomic mass is 127. The molecule has 2 atom stereocenters. The lowest BCUT2D eigenvalue weighted by molar-refractivity contribution is 0.186. The first kappa shape index (κ1) is 9.17. The van der Waals surface area contributed by atoms with E-state index >= 15 is 0 Å². The second kappa shape index (κ2) is 4.99. The van der Waals surface area contributed by atoms with Crippen LogP contribution in [0.25, 0.3) is 0 Å². The summed E-state index contributed by atoms with van der Waals surface area (Å²) in [6.07, 6.45) is 3.07. The van der Waals surface area contributed by atoms with Crippen LogP contribution in [-0.2, 0) is 0 Å². The lowest BCUT2D eigenvalue weighted by Crippen LogP contribution is -2.11. The second-order valence-corrected chi connectivity index (χ2v) is 2.62. The molecule has 1 N–H and O–H groups in total. The van der Waals surface area contributed by atoms with Crippen molar-refractivity contribution in [1.82, 2.24) is 0 Å². The van der Waals surface area contributed by atoms with Crippen LogP contribution in [0.2, 0.25) is 0 Å². The lowest BCUT2D eigenvalue weighted by Gasteiger charge is -2.08. The normalized spacial score (nSPS) is 17.7. The van der Waals surface area contributed by atoms with Gasteiger partial charge in [0.25, 0.3) is 0 Å². The van der Waals surface area contributed by atoms with Gasteiger partial charge in [-0.25, -0.2) is 0 Å². The van der Waals surface area contributed by atoms with Gasteiger partial charge < -0.3 is 5.11 Å². The molecule has 0 aliphatic carbocycles. The maximum Gasteiger partial charge on any atom is 0.0778 e. The number of hydrogen-bond acceptors (Lipinski definition) is 1. The summed E-state index contributed by atoms with van der Waals surface area (Å²) < 4.78 is 1.90. The topological polar surface area (TPSA) is 20.2 Å². The summed E-state index contributed by atoms with van der Waals surface area (Å²) in [6, 6.07) is 0. The molecule has 0 aliphatic heterocycles. The summed E-state index contributed by atoms with van der Waals surface area (Å²) in [7, 11) is 0. The average molecular weight is 238 g/mol. The Bertz CT molecular complexity index is 109. The maximum absolute atomic E-state index is 9.08. The average Bonchev–Trinajstić information content (AvgIpc) is 1.87. The van der Waals surface area contributed by atoms with Gasteiger partial charge in [-0.05, 0) is 4.08 Å². The highest BCUT2D eigenvalue weighted by Gasteiger charge is 2.04. The van der Waals surface area contributed by atoms with Crippen LogP contribution in [0, 0.1) is 5.92 Å². The van der Waals surface area contributed by atoms with Crippen LogP contribution >= 0.6 is 22.6 Å². The molecule has 0 saturated carbocycles. The van der Waals surface area contributed by atoms with Gasteiger partial charge in [0, 0.05) is 5.92 Å². The van der Waals surface area contributed by atoms with Gasteiger partial charge in [-0.3, -0.25) is 0 Å². The van der Waals surface area contributed by atoms with Crippen molar-refractivity contribution in [1.29, 1.82) is 0 Å². The van der Waals surface area contributed by atoms with Crippen molar-refractivity contribution in [3.63, 3.8) is 0 Å². The van der Waals surface area contributed by atoms with Gasteiger partial charge in [-0.15, -0.1) is 6.58 Å². The van der Waals surface area contributed by atoms with Gasteiger partial charge in [-0.2, -0.15) is 0 Å². The fourth-order valence-electron chi connectivity index (χ4n) is 0.443. The van der Waals surface area contributed by atoms with Crippen molar-refractivity contribution in [2.45, 2.75) is 13.0 Å². The van der Waals surface area contributed by atoms with E-state index in [1.807, 2.05) is 17.1 Å². The maximum atomic E-state index is 9.08. The molecule has 0 aromatic rings. The van der Waals surface area contributed by atoms with Crippen LogP contribution in [0.1, 0.15) is 6.92 Å². The van der Waals surface area contributed by atoms with Gasteiger partial charge in [0.1, 0.15) is 0 Å². The molecule has 0 aliphatic rings. The second-order valence-electron chi connectivity index (χ2n) is 1.90. The lowest BCUT2D eigenvalue weighted by atomic mass is 10.1. The van der Waals surface area contributed by atoms with E-state index < -0.39 is 6.10 Å². The van der Waals surface area contributed by atoms with E-state index in [0.29, 0.717) is 0 Å². The molecule has 0 amide bonds. The Hall–Kier alpha value is 0.170. The third kappa shape index (κ3) is 3.70. The molecule has 0 unspecified atom stereocenters. The molecule has 0 spiro atoms. The Morgan fingerprint density at radius 3 is 2.56 bits per heavy atom. The molecule has 0 radical (unpaired) electrons. The van der Waals surface area contributed by atoms with Crippen LogP contribution in [-0.4, -0.2) is 11.2 Å². The highest BCUT2D eigenvalue weighted by molar-refractivity contribution is 14.1. The van der Waals surface area contributed by atoms with Crippen molar-refractivity contribution >= 4 is 22.6 Å². The summed E-state index contributed by atoms with van der Waals surface area (Å²) in [6.45, 7) is 5.42. The van der Waals surface area contributed by atoms with Gasteiger partial charge in [0.15, 0.2) is 0 Å². The van der Waals surface area contributed by atoms with Crippen LogP contribution < -0.4 is 0 Å². The Morgan fingerprint density at radius 1 is 1.67 bits per heavy atom.